The van der Waals surface area contributed by atoms with Crippen molar-refractivity contribution in [3.63, 3.8) is 0 Å². The molecule has 2 aromatic carbocycles. The molecule has 0 aliphatic rings. The predicted molar refractivity (Wildman–Crippen MR) is 117 cm³/mol. The highest BCUT2D eigenvalue weighted by atomic mass is 32.1. The van der Waals surface area contributed by atoms with E-state index >= 15 is 0 Å². The maximum Gasteiger partial charge on any atom is 0.345 e. The first-order valence-corrected chi connectivity index (χ1v) is 9.90. The van der Waals surface area contributed by atoms with Gasteiger partial charge in [0.05, 0.1) is 11.3 Å². The zero-order valence-corrected chi connectivity index (χ0v) is 16.7. The Labute approximate surface area is 175 Å². The van der Waals surface area contributed by atoms with Gasteiger partial charge >= 0.3 is 5.63 Å². The van der Waals surface area contributed by atoms with Gasteiger partial charge in [0.1, 0.15) is 22.2 Å². The molecular weight excluding hydrogens is 398 g/mol. The van der Waals surface area contributed by atoms with Crippen molar-refractivity contribution in [2.24, 2.45) is 0 Å². The summed E-state index contributed by atoms with van der Waals surface area (Å²) < 4.78 is 5.37. The summed E-state index contributed by atoms with van der Waals surface area (Å²) in [6.45, 7) is 1.50. The number of hydrogen-bond donors (Lipinski definition) is 1. The Kier molecular flexibility index (Phi) is 5.24. The molecule has 0 aliphatic carbocycles. The molecule has 30 heavy (non-hydrogen) atoms. The number of fused-ring (bicyclic) bond motifs is 1. The number of carbonyl (C=O) groups is 1. The van der Waals surface area contributed by atoms with Gasteiger partial charge in [0, 0.05) is 28.2 Å². The number of aromatic nitrogens is 1. The molecule has 0 fully saturated rings. The summed E-state index contributed by atoms with van der Waals surface area (Å²) in [5.74, 6) is -0.0399. The minimum Gasteiger partial charge on any atom is -0.422 e. The monoisotopic (exact) mass is 413 g/mol. The lowest BCUT2D eigenvalue weighted by Crippen LogP contribution is -2.02. The number of nitriles is 1. The third kappa shape index (κ3) is 3.90. The van der Waals surface area contributed by atoms with Crippen molar-refractivity contribution in [2.45, 2.75) is 6.92 Å². The van der Waals surface area contributed by atoms with Crippen LogP contribution in [0.25, 0.3) is 27.8 Å². The average molecular weight is 413 g/mol. The van der Waals surface area contributed by atoms with Crippen LogP contribution in [0.2, 0.25) is 0 Å². The molecule has 4 rings (SSSR count). The molecule has 2 aromatic heterocycles. The number of thiazole rings is 1. The van der Waals surface area contributed by atoms with Crippen molar-refractivity contribution in [3.05, 3.63) is 87.2 Å². The average Bonchev–Trinajstić information content (AvgIpc) is 3.23. The van der Waals surface area contributed by atoms with E-state index in [-0.39, 0.29) is 5.78 Å². The summed E-state index contributed by atoms with van der Waals surface area (Å²) in [6.07, 6.45) is 1.53. The van der Waals surface area contributed by atoms with Gasteiger partial charge in [-0.1, -0.05) is 30.3 Å². The highest BCUT2D eigenvalue weighted by Gasteiger charge is 2.13. The van der Waals surface area contributed by atoms with Gasteiger partial charge in [-0.3, -0.25) is 4.79 Å². The van der Waals surface area contributed by atoms with Gasteiger partial charge in [0.15, 0.2) is 5.78 Å². The Balaban J connectivity index is 1.64. The topological polar surface area (TPSA) is 96.0 Å². The number of nitrogens with zero attached hydrogens (tertiary/aromatic N) is 2. The minimum atomic E-state index is -0.479. The molecule has 0 amide bonds. The van der Waals surface area contributed by atoms with E-state index < -0.39 is 5.63 Å². The van der Waals surface area contributed by atoms with E-state index in [0.717, 1.165) is 5.39 Å². The van der Waals surface area contributed by atoms with Crippen molar-refractivity contribution in [1.82, 2.24) is 4.98 Å². The number of rotatable bonds is 5. The predicted octanol–water partition coefficient (Wildman–Crippen LogP) is 5.10. The van der Waals surface area contributed by atoms with Crippen LogP contribution in [-0.4, -0.2) is 10.8 Å². The molecule has 4 aromatic rings. The van der Waals surface area contributed by atoms with Gasteiger partial charge in [-0.25, -0.2) is 9.78 Å². The first kappa shape index (κ1) is 19.3. The van der Waals surface area contributed by atoms with Crippen molar-refractivity contribution < 1.29 is 9.21 Å². The molecule has 0 saturated carbocycles. The number of ketones is 1. The van der Waals surface area contributed by atoms with Crippen molar-refractivity contribution in [3.8, 4) is 17.3 Å². The number of Topliss-reactive ketones (excluding diaryl/α,β-unsaturated/α-hetero) is 1. The number of carbonyl (C=O) groups excluding carboxylic acids is 1. The van der Waals surface area contributed by atoms with Crippen LogP contribution >= 0.6 is 11.3 Å². The number of allylic oxidation sites excluding steroid dienone is 1. The summed E-state index contributed by atoms with van der Waals surface area (Å²) in [5.41, 5.74) is 2.40. The molecule has 0 atom stereocenters. The summed E-state index contributed by atoms with van der Waals surface area (Å²) >= 11 is 1.26. The van der Waals surface area contributed by atoms with E-state index in [1.54, 1.807) is 47.8 Å². The Morgan fingerprint density at radius 2 is 2.03 bits per heavy atom. The molecular formula is C23H15N3O3S. The first-order valence-electron chi connectivity index (χ1n) is 9.02. The van der Waals surface area contributed by atoms with Gasteiger partial charge in [-0.2, -0.15) is 5.26 Å². The minimum absolute atomic E-state index is 0.0399. The van der Waals surface area contributed by atoms with E-state index in [4.69, 9.17) is 4.42 Å². The zero-order chi connectivity index (χ0) is 21.1. The fraction of sp³-hybridized carbons (Fsp3) is 0.0435. The SMILES string of the molecule is CC(=O)c1cccc(N/C=C(/C#N)c2nc(-c3cc4ccccc4oc3=O)cs2)c1. The number of anilines is 1. The first-order chi connectivity index (χ1) is 14.5. The van der Waals surface area contributed by atoms with Crippen LogP contribution in [0.4, 0.5) is 5.69 Å². The number of nitrogens with one attached hydrogen (secondary N) is 1. The maximum absolute atomic E-state index is 12.4. The maximum atomic E-state index is 12.4. The van der Waals surface area contributed by atoms with Crippen molar-refractivity contribution in [1.29, 1.82) is 5.26 Å². The molecule has 2 heterocycles. The Morgan fingerprint density at radius 1 is 1.20 bits per heavy atom. The normalized spacial score (nSPS) is 11.3. The largest absolute Gasteiger partial charge is 0.422 e. The van der Waals surface area contributed by atoms with E-state index in [1.165, 1.54) is 24.5 Å². The number of hydrogen-bond acceptors (Lipinski definition) is 7. The second-order valence-corrected chi connectivity index (χ2v) is 7.33. The molecule has 0 aliphatic heterocycles. The van der Waals surface area contributed by atoms with Crippen LogP contribution < -0.4 is 10.9 Å². The molecule has 7 heteroatoms. The Bertz CT molecular complexity index is 1390. The Morgan fingerprint density at radius 3 is 2.83 bits per heavy atom. The van der Waals surface area contributed by atoms with Crippen LogP contribution in [0.3, 0.4) is 0 Å². The molecule has 6 nitrogen and oxygen atoms in total. The summed E-state index contributed by atoms with van der Waals surface area (Å²) in [7, 11) is 0. The van der Waals surface area contributed by atoms with Crippen LogP contribution in [0, 0.1) is 11.3 Å². The van der Waals surface area contributed by atoms with Gasteiger partial charge in [-0.05, 0) is 31.2 Å². The molecule has 0 saturated heterocycles. The summed E-state index contributed by atoms with van der Waals surface area (Å²) in [6, 6.07) is 18.1. The summed E-state index contributed by atoms with van der Waals surface area (Å²) in [5, 5.41) is 15.6. The molecule has 0 bridgehead atoms. The van der Waals surface area contributed by atoms with Gasteiger partial charge < -0.3 is 9.73 Å². The molecule has 0 radical (unpaired) electrons. The molecule has 0 unspecified atom stereocenters. The number of benzene rings is 2. The fourth-order valence-electron chi connectivity index (χ4n) is 2.89. The fourth-order valence-corrected chi connectivity index (χ4v) is 3.67. The standard InChI is InChI=1S/C23H15N3O3S/c1-14(27)15-6-4-7-18(9-15)25-12-17(11-24)22-26-20(13-30-22)19-10-16-5-2-3-8-21(16)29-23(19)28/h2-10,12-13,25H,1H3/b17-12-. The molecule has 1 N–H and O–H groups in total. The van der Waals surface area contributed by atoms with Crippen LogP contribution in [0.15, 0.2) is 75.4 Å². The molecule has 146 valence electrons. The third-order valence-electron chi connectivity index (χ3n) is 4.42. The number of para-hydroxylation sites is 1. The lowest BCUT2D eigenvalue weighted by Gasteiger charge is -2.03. The van der Waals surface area contributed by atoms with Crippen LogP contribution in [0.5, 0.6) is 0 Å². The van der Waals surface area contributed by atoms with E-state index in [1.807, 2.05) is 12.1 Å². The van der Waals surface area contributed by atoms with E-state index in [9.17, 15) is 14.9 Å². The highest BCUT2D eigenvalue weighted by molar-refractivity contribution is 7.11. The Hall–Kier alpha value is -4.02. The van der Waals surface area contributed by atoms with Crippen LogP contribution in [0.1, 0.15) is 22.3 Å². The second kappa shape index (κ2) is 8.15. The summed E-state index contributed by atoms with van der Waals surface area (Å²) in [4.78, 5) is 28.3. The molecule has 0 spiro atoms. The van der Waals surface area contributed by atoms with Gasteiger partial charge in [-0.15, -0.1) is 11.3 Å². The van der Waals surface area contributed by atoms with E-state index in [0.29, 0.717) is 38.7 Å². The zero-order valence-electron chi connectivity index (χ0n) is 15.9. The van der Waals surface area contributed by atoms with Crippen molar-refractivity contribution in [2.75, 3.05) is 5.32 Å². The van der Waals surface area contributed by atoms with Crippen molar-refractivity contribution >= 4 is 39.3 Å². The second-order valence-electron chi connectivity index (χ2n) is 6.47. The van der Waals surface area contributed by atoms with Gasteiger partial charge in [0.2, 0.25) is 0 Å². The smallest absolute Gasteiger partial charge is 0.345 e. The highest BCUT2D eigenvalue weighted by Crippen LogP contribution is 2.26. The van der Waals surface area contributed by atoms with E-state index in [2.05, 4.69) is 16.4 Å². The van der Waals surface area contributed by atoms with Crippen LogP contribution in [-0.2, 0) is 0 Å². The lowest BCUT2D eigenvalue weighted by atomic mass is 10.1. The lowest BCUT2D eigenvalue weighted by molar-refractivity contribution is 0.101. The quantitative estimate of drug-likeness (QED) is 0.278. The third-order valence-corrected chi connectivity index (χ3v) is 5.30. The van der Waals surface area contributed by atoms with Gasteiger partial charge in [0.25, 0.3) is 0 Å².